The first kappa shape index (κ1) is 36.4. The number of aliphatic hydroxyl groups is 1. The fourth-order valence-corrected chi connectivity index (χ4v) is 7.58. The number of hydrogen-bond acceptors (Lipinski definition) is 5. The average Bonchev–Trinajstić information content (AvgIpc) is 3.15. The maximum absolute atomic E-state index is 14.2. The minimum atomic E-state index is -0.907. The summed E-state index contributed by atoms with van der Waals surface area (Å²) in [7, 11) is 0. The number of halogens is 3. The van der Waals surface area contributed by atoms with Gasteiger partial charge in [-0.2, -0.15) is 0 Å². The highest BCUT2D eigenvalue weighted by Gasteiger charge is 2.37. The molecule has 268 valence electrons. The number of likely N-dealkylation sites (tertiary alicyclic amines) is 2. The number of benzene rings is 3. The molecule has 0 atom stereocenters. The largest absolute Gasteiger partial charge is 0.385 e. The highest BCUT2D eigenvalue weighted by Crippen LogP contribution is 2.38. The number of aromatic nitrogens is 1. The lowest BCUT2D eigenvalue weighted by atomic mass is 9.71. The molecular formula is C40H44ClF2N5O3. The standard InChI is InChI=1S/C40H44ClF2N5O3/c41-33-10-4-32(5-11-33)40(51)19-25-47(26-20-40)22-2-18-39(30-6-12-34(42)13-7-30,31-8-14-35(43)15-9-31)28-45-38(50)46-36-16-23-48(24-17-36)37(49)29-3-1-21-44-27-29/h1,3-15,21,27,36,51H,2,16-20,22-26,28H2,(H2,45,46,50). The number of amides is 3. The Balaban J connectivity index is 1.11. The van der Waals surface area contributed by atoms with Crippen LogP contribution in [0.1, 0.15) is 65.6 Å². The number of hydrogen-bond donors (Lipinski definition) is 3. The molecule has 0 unspecified atom stereocenters. The Morgan fingerprint density at radius 2 is 1.49 bits per heavy atom. The van der Waals surface area contributed by atoms with E-state index in [2.05, 4.69) is 20.5 Å². The third-order valence-electron chi connectivity index (χ3n) is 10.5. The van der Waals surface area contributed by atoms with Crippen molar-refractivity contribution in [2.75, 3.05) is 39.3 Å². The van der Waals surface area contributed by atoms with E-state index in [0.717, 1.165) is 29.7 Å². The van der Waals surface area contributed by atoms with Crippen LogP contribution in [0.15, 0.2) is 97.3 Å². The lowest BCUT2D eigenvalue weighted by Gasteiger charge is -2.40. The molecule has 2 saturated heterocycles. The normalized spacial score (nSPS) is 16.8. The second kappa shape index (κ2) is 16.3. The van der Waals surface area contributed by atoms with Crippen LogP contribution in [-0.2, 0) is 11.0 Å². The molecule has 3 heterocycles. The zero-order valence-corrected chi connectivity index (χ0v) is 29.3. The molecule has 6 rings (SSSR count). The summed E-state index contributed by atoms with van der Waals surface area (Å²) >= 11 is 6.07. The summed E-state index contributed by atoms with van der Waals surface area (Å²) in [4.78, 5) is 34.4. The number of nitrogens with one attached hydrogen (secondary N) is 2. The van der Waals surface area contributed by atoms with Crippen LogP contribution >= 0.6 is 11.6 Å². The van der Waals surface area contributed by atoms with E-state index in [0.29, 0.717) is 68.9 Å². The van der Waals surface area contributed by atoms with Crippen molar-refractivity contribution in [1.29, 1.82) is 0 Å². The van der Waals surface area contributed by atoms with E-state index in [1.54, 1.807) is 65.8 Å². The molecule has 0 radical (unpaired) electrons. The second-order valence-corrected chi connectivity index (χ2v) is 14.2. The maximum atomic E-state index is 14.2. The van der Waals surface area contributed by atoms with Crippen LogP contribution < -0.4 is 10.6 Å². The molecule has 2 fully saturated rings. The maximum Gasteiger partial charge on any atom is 0.315 e. The van der Waals surface area contributed by atoms with Gasteiger partial charge in [-0.25, -0.2) is 13.6 Å². The van der Waals surface area contributed by atoms with Gasteiger partial charge in [-0.3, -0.25) is 9.78 Å². The summed E-state index contributed by atoms with van der Waals surface area (Å²) in [5.74, 6) is -0.809. The lowest BCUT2D eigenvalue weighted by molar-refractivity contribution is -0.0262. The van der Waals surface area contributed by atoms with Gasteiger partial charge in [-0.1, -0.05) is 48.0 Å². The molecule has 2 aliphatic rings. The Labute approximate surface area is 302 Å². The number of urea groups is 1. The van der Waals surface area contributed by atoms with Crippen molar-refractivity contribution in [3.63, 3.8) is 0 Å². The van der Waals surface area contributed by atoms with E-state index in [9.17, 15) is 23.5 Å². The molecule has 0 bridgehead atoms. The van der Waals surface area contributed by atoms with Crippen LogP contribution in [0.5, 0.6) is 0 Å². The molecule has 3 aromatic carbocycles. The second-order valence-electron chi connectivity index (χ2n) is 13.7. The Bertz CT molecular complexity index is 1700. The summed E-state index contributed by atoms with van der Waals surface area (Å²) in [6.07, 6.45) is 6.93. The first-order chi connectivity index (χ1) is 24.6. The number of pyridine rings is 1. The molecule has 3 amide bonds. The highest BCUT2D eigenvalue weighted by atomic mass is 35.5. The smallest absolute Gasteiger partial charge is 0.315 e. The fourth-order valence-electron chi connectivity index (χ4n) is 7.45. The first-order valence-electron chi connectivity index (χ1n) is 17.6. The van der Waals surface area contributed by atoms with Gasteiger partial charge >= 0.3 is 6.03 Å². The fraction of sp³-hybridized carbons (Fsp3) is 0.375. The number of piperidine rings is 2. The van der Waals surface area contributed by atoms with Crippen molar-refractivity contribution in [1.82, 2.24) is 25.4 Å². The molecular weight excluding hydrogens is 672 g/mol. The first-order valence-corrected chi connectivity index (χ1v) is 18.0. The molecule has 1 aromatic heterocycles. The number of carbonyl (C=O) groups excluding carboxylic acids is 2. The summed E-state index contributed by atoms with van der Waals surface area (Å²) in [5.41, 5.74) is 1.35. The Morgan fingerprint density at radius 1 is 0.882 bits per heavy atom. The summed E-state index contributed by atoms with van der Waals surface area (Å²) in [6.45, 7) is 3.41. The Hall–Kier alpha value is -4.38. The predicted molar refractivity (Wildman–Crippen MR) is 194 cm³/mol. The molecule has 51 heavy (non-hydrogen) atoms. The zero-order valence-electron chi connectivity index (χ0n) is 28.5. The summed E-state index contributed by atoms with van der Waals surface area (Å²) in [6, 6.07) is 23.0. The third-order valence-corrected chi connectivity index (χ3v) is 10.8. The van der Waals surface area contributed by atoms with Crippen LogP contribution in [-0.4, -0.2) is 77.1 Å². The van der Waals surface area contributed by atoms with E-state index < -0.39 is 11.0 Å². The Morgan fingerprint density at radius 3 is 2.06 bits per heavy atom. The van der Waals surface area contributed by atoms with Crippen molar-refractivity contribution in [2.24, 2.45) is 0 Å². The van der Waals surface area contributed by atoms with Crippen LogP contribution in [0.2, 0.25) is 5.02 Å². The molecule has 0 saturated carbocycles. The molecule has 2 aliphatic heterocycles. The van der Waals surface area contributed by atoms with E-state index in [1.807, 2.05) is 12.1 Å². The van der Waals surface area contributed by atoms with Gasteiger partial charge < -0.3 is 25.5 Å². The summed E-state index contributed by atoms with van der Waals surface area (Å²) in [5, 5.41) is 18.2. The topological polar surface area (TPSA) is 97.8 Å². The SMILES string of the molecule is O=C(NCC(CCCN1CCC(O)(c2ccc(Cl)cc2)CC1)(c1ccc(F)cc1)c1ccc(F)cc1)NC1CCN(C(=O)c2cccnc2)CC1. The van der Waals surface area contributed by atoms with Crippen molar-refractivity contribution in [3.8, 4) is 0 Å². The average molecular weight is 716 g/mol. The van der Waals surface area contributed by atoms with Crippen molar-refractivity contribution < 1.29 is 23.5 Å². The van der Waals surface area contributed by atoms with Gasteiger partial charge in [0.25, 0.3) is 5.91 Å². The quantitative estimate of drug-likeness (QED) is 0.161. The highest BCUT2D eigenvalue weighted by molar-refractivity contribution is 6.30. The van der Waals surface area contributed by atoms with Gasteiger partial charge in [0.15, 0.2) is 0 Å². The Kier molecular flexibility index (Phi) is 11.6. The van der Waals surface area contributed by atoms with Crippen LogP contribution in [0, 0.1) is 11.6 Å². The number of nitrogens with zero attached hydrogens (tertiary/aromatic N) is 3. The number of carbonyl (C=O) groups is 2. The zero-order chi connectivity index (χ0) is 35.8. The van der Waals surface area contributed by atoms with Crippen LogP contribution in [0.3, 0.4) is 0 Å². The minimum absolute atomic E-state index is 0.0730. The van der Waals surface area contributed by atoms with Gasteiger partial charge in [-0.15, -0.1) is 0 Å². The molecule has 0 spiro atoms. The number of rotatable bonds is 11. The van der Waals surface area contributed by atoms with Crippen LogP contribution in [0.25, 0.3) is 0 Å². The van der Waals surface area contributed by atoms with Gasteiger partial charge in [0.2, 0.25) is 0 Å². The molecule has 11 heteroatoms. The minimum Gasteiger partial charge on any atom is -0.385 e. The van der Waals surface area contributed by atoms with Crippen LogP contribution in [0.4, 0.5) is 13.6 Å². The van der Waals surface area contributed by atoms with Gasteiger partial charge in [0.05, 0.1) is 11.2 Å². The third kappa shape index (κ3) is 8.92. The lowest BCUT2D eigenvalue weighted by Crippen LogP contribution is -2.51. The van der Waals surface area contributed by atoms with E-state index in [1.165, 1.54) is 24.3 Å². The molecule has 0 aliphatic carbocycles. The van der Waals surface area contributed by atoms with Crippen molar-refractivity contribution in [2.45, 2.75) is 55.6 Å². The predicted octanol–water partition coefficient (Wildman–Crippen LogP) is 6.67. The molecule has 4 aromatic rings. The van der Waals surface area contributed by atoms with Gasteiger partial charge in [-0.05, 0) is 110 Å². The van der Waals surface area contributed by atoms with E-state index >= 15 is 0 Å². The van der Waals surface area contributed by atoms with Crippen molar-refractivity contribution >= 4 is 23.5 Å². The van der Waals surface area contributed by atoms with E-state index in [-0.39, 0.29) is 36.2 Å². The molecule has 8 nitrogen and oxygen atoms in total. The van der Waals surface area contributed by atoms with Crippen molar-refractivity contribution in [3.05, 3.63) is 136 Å². The molecule has 3 N–H and O–H groups in total. The van der Waals surface area contributed by atoms with Gasteiger partial charge in [0, 0.05) is 61.6 Å². The van der Waals surface area contributed by atoms with Gasteiger partial charge in [0.1, 0.15) is 11.6 Å². The van der Waals surface area contributed by atoms with E-state index in [4.69, 9.17) is 11.6 Å². The monoisotopic (exact) mass is 715 g/mol. The summed E-state index contributed by atoms with van der Waals surface area (Å²) < 4.78 is 28.4.